The molecule has 3 atom stereocenters. The predicted octanol–water partition coefficient (Wildman–Crippen LogP) is 9.84. The first-order valence-electron chi connectivity index (χ1n) is 20.4. The maximum absolute atomic E-state index is 16.4. The minimum absolute atomic E-state index is 0.0166. The third-order valence-electron chi connectivity index (χ3n) is 12.7. The molecule has 4 aromatic carbocycles. The minimum Gasteiger partial charge on any atom is -0.473 e. The molecule has 3 aliphatic rings. The van der Waals surface area contributed by atoms with Crippen LogP contribution in [0.1, 0.15) is 79.5 Å². The number of amides is 2. The molecule has 57 heavy (non-hydrogen) atoms. The van der Waals surface area contributed by atoms with Crippen LogP contribution in [0.2, 0.25) is 18.1 Å². The summed E-state index contributed by atoms with van der Waals surface area (Å²) in [4.78, 5) is 14.8. The predicted molar refractivity (Wildman–Crippen MR) is 230 cm³/mol. The molecule has 0 radical (unpaired) electrons. The number of anilines is 1. The van der Waals surface area contributed by atoms with Gasteiger partial charge in [0.25, 0.3) is 0 Å². The number of aryl methyl sites for hydroxylation is 2. The molecular formula is C46H55N5O4SSi. The summed E-state index contributed by atoms with van der Waals surface area (Å²) < 4.78 is 40.0. The molecule has 8 rings (SSSR count). The number of benzene rings is 4. The molecule has 3 unspecified atom stereocenters. The number of nitrogens with one attached hydrogen (secondary N) is 2. The Morgan fingerprint density at radius 3 is 1.91 bits per heavy atom. The number of urea groups is 1. The van der Waals surface area contributed by atoms with Crippen LogP contribution in [0.25, 0.3) is 0 Å². The molecule has 2 aliphatic carbocycles. The number of rotatable bonds is 10. The molecule has 5 aromatic rings. The van der Waals surface area contributed by atoms with Crippen LogP contribution in [0.15, 0.2) is 113 Å². The van der Waals surface area contributed by atoms with Gasteiger partial charge in [-0.3, -0.25) is 0 Å². The summed E-state index contributed by atoms with van der Waals surface area (Å²) >= 11 is 0. The van der Waals surface area contributed by atoms with E-state index >= 15 is 4.21 Å². The maximum Gasteiger partial charge on any atom is 0.331 e. The van der Waals surface area contributed by atoms with Crippen molar-refractivity contribution in [2.45, 2.75) is 107 Å². The van der Waals surface area contributed by atoms with Crippen molar-refractivity contribution < 1.29 is 18.2 Å². The average Bonchev–Trinajstić information content (AvgIpc) is 3.97. The summed E-state index contributed by atoms with van der Waals surface area (Å²) in [5, 5.41) is 8.07. The van der Waals surface area contributed by atoms with E-state index in [1.165, 1.54) is 22.3 Å². The lowest BCUT2D eigenvalue weighted by molar-refractivity contribution is 0.0483. The fourth-order valence-corrected chi connectivity index (χ4v) is 11.3. The first kappa shape index (κ1) is 39.1. The zero-order valence-corrected chi connectivity index (χ0v) is 35.8. The third kappa shape index (κ3) is 7.34. The topological polar surface area (TPSA) is 107 Å². The molecule has 9 nitrogen and oxygen atoms in total. The summed E-state index contributed by atoms with van der Waals surface area (Å²) in [6.07, 6.45) is 7.20. The number of fused-ring (bicyclic) bond motifs is 3. The normalized spacial score (nSPS) is 18.8. The van der Waals surface area contributed by atoms with Gasteiger partial charge >= 0.3 is 6.03 Å². The Bertz CT molecular complexity index is 2260. The van der Waals surface area contributed by atoms with Crippen LogP contribution >= 0.6 is 0 Å². The first-order valence-corrected chi connectivity index (χ1v) is 24.8. The van der Waals surface area contributed by atoms with E-state index in [-0.39, 0.29) is 22.0 Å². The van der Waals surface area contributed by atoms with E-state index in [9.17, 15) is 4.79 Å². The Kier molecular flexibility index (Phi) is 10.5. The van der Waals surface area contributed by atoms with E-state index in [0.717, 1.165) is 60.9 Å². The van der Waals surface area contributed by atoms with E-state index < -0.39 is 29.8 Å². The van der Waals surface area contributed by atoms with E-state index in [2.05, 4.69) is 50.0 Å². The molecule has 0 spiro atoms. The van der Waals surface area contributed by atoms with Gasteiger partial charge in [-0.05, 0) is 103 Å². The Balaban J connectivity index is 1.28. The van der Waals surface area contributed by atoms with Crippen molar-refractivity contribution in [1.82, 2.24) is 14.5 Å². The second-order valence-corrected chi connectivity index (χ2v) is 24.1. The van der Waals surface area contributed by atoms with Crippen molar-refractivity contribution in [3.8, 4) is 5.88 Å². The summed E-state index contributed by atoms with van der Waals surface area (Å²) in [5.41, 5.74) is 6.93. The van der Waals surface area contributed by atoms with Crippen LogP contribution in [0.3, 0.4) is 0 Å². The number of aromatic nitrogens is 2. The van der Waals surface area contributed by atoms with Crippen molar-refractivity contribution in [2.24, 2.45) is 10.3 Å². The number of carbonyl (C=O) groups excluding carboxylic acids is 1. The number of ether oxygens (including phenoxy) is 1. The highest BCUT2D eigenvalue weighted by atomic mass is 32.2. The molecular weight excluding hydrogens is 747 g/mol. The summed E-state index contributed by atoms with van der Waals surface area (Å²) in [7, 11) is -5.90. The van der Waals surface area contributed by atoms with Gasteiger partial charge in [-0.1, -0.05) is 118 Å². The zero-order chi connectivity index (χ0) is 40.0. The highest BCUT2D eigenvalue weighted by molar-refractivity contribution is 7.92. The molecule has 2 N–H and O–H groups in total. The lowest BCUT2D eigenvalue weighted by Gasteiger charge is -2.39. The van der Waals surface area contributed by atoms with E-state index in [1.54, 1.807) is 10.9 Å². The van der Waals surface area contributed by atoms with Crippen molar-refractivity contribution in [2.75, 3.05) is 11.9 Å². The quantitative estimate of drug-likeness (QED) is 0.108. The molecule has 0 saturated carbocycles. The standard InChI is InChI=1S/C46H55N5O4SSi/c1-32-35(31-54-57(5,6)45(2,3)4)30-51-43(55-32)41(29-47-51)56(53,49-44(52)48-42-39-26-16-18-33(39)28-34-19-17-27-40(34)42)50-46(36-20-10-7-11-21-36,37-22-12-8-13-23-37)38-24-14-9-15-25-38/h7-15,20-25,28-29,32,35H,16-19,26-27,30-31H2,1-6H3,(H2,48,49,50,52,53). The Hall–Kier alpha value is -4.71. The lowest BCUT2D eigenvalue weighted by atomic mass is 9.78. The average molecular weight is 802 g/mol. The van der Waals surface area contributed by atoms with Crippen LogP contribution in [0.5, 0.6) is 5.88 Å². The summed E-state index contributed by atoms with van der Waals surface area (Å²) in [6.45, 7) is 14.3. The zero-order valence-electron chi connectivity index (χ0n) is 34.0. The largest absolute Gasteiger partial charge is 0.473 e. The fraction of sp³-hybridized carbons (Fsp3) is 0.391. The smallest absolute Gasteiger partial charge is 0.331 e. The summed E-state index contributed by atoms with van der Waals surface area (Å²) in [5.74, 6) is 0.354. The highest BCUT2D eigenvalue weighted by Gasteiger charge is 2.43. The van der Waals surface area contributed by atoms with Crippen LogP contribution in [-0.4, -0.2) is 41.0 Å². The van der Waals surface area contributed by atoms with Crippen molar-refractivity contribution in [3.63, 3.8) is 0 Å². The third-order valence-corrected chi connectivity index (χ3v) is 19.0. The Morgan fingerprint density at radius 1 is 0.877 bits per heavy atom. The SMILES string of the molecule is CC1Oc2c(S(=O)(=NC(c3ccccc3)(c3ccccc3)c3ccccc3)NC(=O)Nc3c4c(cc5c3CCC5)CCC4)cnn2CC1CO[Si](C)(C)C(C)(C)C. The maximum atomic E-state index is 16.4. The molecule has 0 fully saturated rings. The molecule has 11 heteroatoms. The Labute approximate surface area is 339 Å². The summed E-state index contributed by atoms with van der Waals surface area (Å²) in [6, 6.07) is 31.4. The van der Waals surface area contributed by atoms with Gasteiger partial charge < -0.3 is 14.5 Å². The van der Waals surface area contributed by atoms with Gasteiger partial charge in [0.2, 0.25) is 5.88 Å². The number of hydrogen-bond donors (Lipinski definition) is 2. The van der Waals surface area contributed by atoms with Gasteiger partial charge in [0.1, 0.15) is 16.5 Å². The molecule has 2 heterocycles. The number of nitrogens with zero attached hydrogens (tertiary/aromatic N) is 3. The van der Waals surface area contributed by atoms with Gasteiger partial charge in [-0.2, -0.15) is 9.46 Å². The molecule has 0 bridgehead atoms. The fourth-order valence-electron chi connectivity index (χ4n) is 8.41. The van der Waals surface area contributed by atoms with Crippen LogP contribution < -0.4 is 14.8 Å². The van der Waals surface area contributed by atoms with Gasteiger partial charge in [0.15, 0.2) is 18.2 Å². The number of carbonyl (C=O) groups is 1. The van der Waals surface area contributed by atoms with Crippen LogP contribution in [0.4, 0.5) is 10.5 Å². The van der Waals surface area contributed by atoms with E-state index in [4.69, 9.17) is 18.6 Å². The minimum atomic E-state index is -3.88. The Morgan fingerprint density at radius 2 is 1.40 bits per heavy atom. The van der Waals surface area contributed by atoms with Crippen molar-refractivity contribution >= 4 is 30.0 Å². The van der Waals surface area contributed by atoms with Gasteiger partial charge in [-0.25, -0.2) is 18.4 Å². The second kappa shape index (κ2) is 15.2. The monoisotopic (exact) mass is 801 g/mol. The van der Waals surface area contributed by atoms with Crippen molar-refractivity contribution in [3.05, 3.63) is 142 Å². The lowest BCUT2D eigenvalue weighted by Crippen LogP contribution is -2.45. The van der Waals surface area contributed by atoms with E-state index in [0.29, 0.717) is 19.0 Å². The van der Waals surface area contributed by atoms with E-state index in [1.807, 2.05) is 97.9 Å². The van der Waals surface area contributed by atoms with Crippen LogP contribution in [0, 0.1) is 5.92 Å². The molecule has 1 aliphatic heterocycles. The van der Waals surface area contributed by atoms with Crippen LogP contribution in [-0.2, 0) is 52.1 Å². The van der Waals surface area contributed by atoms with Gasteiger partial charge in [0, 0.05) is 18.2 Å². The van der Waals surface area contributed by atoms with Gasteiger partial charge in [-0.15, -0.1) is 0 Å². The van der Waals surface area contributed by atoms with Gasteiger partial charge in [0.05, 0.1) is 12.7 Å². The molecule has 0 saturated heterocycles. The molecule has 298 valence electrons. The number of hydrogen-bond acceptors (Lipinski definition) is 6. The molecule has 2 amide bonds. The second-order valence-electron chi connectivity index (χ2n) is 17.4. The first-order chi connectivity index (χ1) is 27.3. The molecule has 1 aromatic heterocycles. The van der Waals surface area contributed by atoms with Crippen molar-refractivity contribution in [1.29, 1.82) is 0 Å². The highest BCUT2D eigenvalue weighted by Crippen LogP contribution is 2.45.